The minimum absolute atomic E-state index is 0.388. The number of hydrogen-bond donors (Lipinski definition) is 2. The summed E-state index contributed by atoms with van der Waals surface area (Å²) in [4.78, 5) is 0. The van der Waals surface area contributed by atoms with Crippen molar-refractivity contribution < 1.29 is 4.74 Å². The number of hydrogen-bond acceptors (Lipinski definition) is 3. The van der Waals surface area contributed by atoms with Crippen molar-refractivity contribution in [2.75, 3.05) is 7.05 Å². The van der Waals surface area contributed by atoms with E-state index in [1.54, 1.807) is 0 Å². The fourth-order valence-electron chi connectivity index (χ4n) is 1.38. The van der Waals surface area contributed by atoms with E-state index in [4.69, 9.17) is 4.74 Å². The lowest BCUT2D eigenvalue weighted by Gasteiger charge is -2.36. The topological polar surface area (TPSA) is 33.3 Å². The van der Waals surface area contributed by atoms with E-state index in [0.29, 0.717) is 17.7 Å². The predicted octanol–water partition coefficient (Wildman–Crippen LogP) is 1.55. The number of ether oxygens (including phenoxy) is 1. The van der Waals surface area contributed by atoms with Gasteiger partial charge in [-0.2, -0.15) is 0 Å². The molecular formula is C10H18N2O. The summed E-state index contributed by atoms with van der Waals surface area (Å²) in [6.45, 7) is 9.88. The quantitative estimate of drug-likeness (QED) is 0.647. The first kappa shape index (κ1) is 9.96. The molecule has 0 radical (unpaired) electrons. The van der Waals surface area contributed by atoms with Crippen LogP contribution in [-0.2, 0) is 4.74 Å². The van der Waals surface area contributed by atoms with Crippen LogP contribution >= 0.6 is 0 Å². The number of allylic oxidation sites excluding steroid dienone is 1. The monoisotopic (exact) mass is 182 g/mol. The zero-order valence-electron chi connectivity index (χ0n) is 8.77. The second kappa shape index (κ2) is 3.73. The molecule has 2 N–H and O–H groups in total. The Morgan fingerprint density at radius 3 is 2.62 bits per heavy atom. The van der Waals surface area contributed by atoms with Crippen LogP contribution in [0.1, 0.15) is 20.8 Å². The predicted molar refractivity (Wildman–Crippen MR) is 53.7 cm³/mol. The Labute approximate surface area is 79.9 Å². The van der Waals surface area contributed by atoms with Gasteiger partial charge in [0.05, 0.1) is 17.5 Å². The van der Waals surface area contributed by atoms with E-state index < -0.39 is 0 Å². The first-order chi connectivity index (χ1) is 6.06. The molecule has 0 saturated heterocycles. The summed E-state index contributed by atoms with van der Waals surface area (Å²) in [5, 5.41) is 6.38. The van der Waals surface area contributed by atoms with Crippen molar-refractivity contribution in [2.24, 2.45) is 5.92 Å². The molecule has 3 nitrogen and oxygen atoms in total. The third-order valence-corrected chi connectivity index (χ3v) is 2.05. The zero-order chi connectivity index (χ0) is 10.0. The third-order valence-electron chi connectivity index (χ3n) is 2.05. The van der Waals surface area contributed by atoms with Gasteiger partial charge in [0.15, 0.2) is 0 Å². The Balaban J connectivity index is 2.65. The Hall–Kier alpha value is -1.12. The van der Waals surface area contributed by atoms with Gasteiger partial charge in [0.2, 0.25) is 5.88 Å². The van der Waals surface area contributed by atoms with E-state index in [0.717, 1.165) is 11.6 Å². The lowest BCUT2D eigenvalue weighted by molar-refractivity contribution is 0.207. The molecule has 1 heterocycles. The summed E-state index contributed by atoms with van der Waals surface area (Å²) >= 11 is 0. The number of nitrogens with one attached hydrogen (secondary N) is 2. The standard InChI is InChI=1S/C10H18N2O/c1-6(2)8-9(11-5)10(12-8)13-7(3)4/h6,8,11-12H,3H2,1-2,4-5H3/t8-/m0/s1. The highest BCUT2D eigenvalue weighted by atomic mass is 16.5. The van der Waals surface area contributed by atoms with Crippen molar-refractivity contribution in [1.82, 2.24) is 10.6 Å². The fraction of sp³-hybridized carbons (Fsp3) is 0.600. The summed E-state index contributed by atoms with van der Waals surface area (Å²) in [5.41, 5.74) is 1.14. The molecule has 1 aliphatic rings. The molecule has 0 fully saturated rings. The Morgan fingerprint density at radius 1 is 1.62 bits per heavy atom. The van der Waals surface area contributed by atoms with Crippen LogP contribution in [0.15, 0.2) is 23.9 Å². The van der Waals surface area contributed by atoms with Crippen LogP contribution in [0.25, 0.3) is 0 Å². The lowest BCUT2D eigenvalue weighted by Crippen LogP contribution is -2.50. The average molecular weight is 182 g/mol. The molecule has 0 unspecified atom stereocenters. The van der Waals surface area contributed by atoms with Gasteiger partial charge in [-0.15, -0.1) is 0 Å². The highest BCUT2D eigenvalue weighted by Gasteiger charge is 2.32. The molecule has 3 heteroatoms. The molecule has 0 aliphatic carbocycles. The van der Waals surface area contributed by atoms with E-state index >= 15 is 0 Å². The first-order valence-corrected chi connectivity index (χ1v) is 4.58. The molecule has 0 saturated carbocycles. The van der Waals surface area contributed by atoms with Gasteiger partial charge in [-0.3, -0.25) is 0 Å². The first-order valence-electron chi connectivity index (χ1n) is 4.58. The van der Waals surface area contributed by atoms with Gasteiger partial charge < -0.3 is 15.4 Å². The molecule has 74 valence electrons. The van der Waals surface area contributed by atoms with E-state index in [1.165, 1.54) is 0 Å². The molecule has 0 aromatic carbocycles. The van der Waals surface area contributed by atoms with E-state index in [1.807, 2.05) is 14.0 Å². The van der Waals surface area contributed by atoms with Crippen molar-refractivity contribution in [1.29, 1.82) is 0 Å². The maximum absolute atomic E-state index is 5.38. The molecule has 1 atom stereocenters. The second-order valence-corrected chi connectivity index (χ2v) is 3.66. The summed E-state index contributed by atoms with van der Waals surface area (Å²) in [6, 6.07) is 0.388. The molecule has 0 amide bonds. The van der Waals surface area contributed by atoms with Crippen molar-refractivity contribution >= 4 is 0 Å². The van der Waals surface area contributed by atoms with Crippen LogP contribution in [0.4, 0.5) is 0 Å². The molecule has 0 aromatic rings. The average Bonchev–Trinajstić information content (AvgIpc) is 1.96. The molecule has 0 spiro atoms. The smallest absolute Gasteiger partial charge is 0.214 e. The second-order valence-electron chi connectivity index (χ2n) is 3.66. The van der Waals surface area contributed by atoms with Gasteiger partial charge >= 0.3 is 0 Å². The minimum atomic E-state index is 0.388. The summed E-state index contributed by atoms with van der Waals surface area (Å²) < 4.78 is 5.38. The van der Waals surface area contributed by atoms with Gasteiger partial charge in [-0.05, 0) is 12.8 Å². The largest absolute Gasteiger partial charge is 0.445 e. The van der Waals surface area contributed by atoms with Crippen LogP contribution in [0.3, 0.4) is 0 Å². The summed E-state index contributed by atoms with van der Waals surface area (Å²) in [7, 11) is 1.91. The maximum Gasteiger partial charge on any atom is 0.214 e. The minimum Gasteiger partial charge on any atom is -0.445 e. The van der Waals surface area contributed by atoms with Gasteiger partial charge in [0, 0.05) is 7.05 Å². The van der Waals surface area contributed by atoms with Crippen LogP contribution in [-0.4, -0.2) is 13.1 Å². The van der Waals surface area contributed by atoms with E-state index in [2.05, 4.69) is 31.1 Å². The normalized spacial score (nSPS) is 20.8. The van der Waals surface area contributed by atoms with Gasteiger partial charge in [-0.25, -0.2) is 0 Å². The van der Waals surface area contributed by atoms with Gasteiger partial charge in [-0.1, -0.05) is 20.4 Å². The number of likely N-dealkylation sites (N-methyl/N-ethyl adjacent to an activating group) is 1. The van der Waals surface area contributed by atoms with Crippen molar-refractivity contribution in [2.45, 2.75) is 26.8 Å². The zero-order valence-corrected chi connectivity index (χ0v) is 8.77. The van der Waals surface area contributed by atoms with Crippen molar-refractivity contribution in [3.63, 3.8) is 0 Å². The Kier molecular flexibility index (Phi) is 2.86. The van der Waals surface area contributed by atoms with Crippen LogP contribution in [0.2, 0.25) is 0 Å². The fourth-order valence-corrected chi connectivity index (χ4v) is 1.38. The summed E-state index contributed by atoms with van der Waals surface area (Å²) in [6.07, 6.45) is 0. The molecule has 1 aliphatic heterocycles. The SMILES string of the molecule is C=C(C)OC1=C(NC)[C@H](C(C)C)N1. The molecule has 0 bridgehead atoms. The van der Waals surface area contributed by atoms with Gasteiger partial charge in [0.25, 0.3) is 0 Å². The molecular weight excluding hydrogens is 164 g/mol. The van der Waals surface area contributed by atoms with Crippen LogP contribution in [0, 0.1) is 5.92 Å². The maximum atomic E-state index is 5.38. The van der Waals surface area contributed by atoms with Crippen molar-refractivity contribution in [3.05, 3.63) is 23.9 Å². The Bertz CT molecular complexity index is 243. The molecule has 13 heavy (non-hydrogen) atoms. The highest BCUT2D eigenvalue weighted by Crippen LogP contribution is 2.24. The number of rotatable bonds is 4. The van der Waals surface area contributed by atoms with E-state index in [-0.39, 0.29) is 0 Å². The molecule has 0 aromatic heterocycles. The van der Waals surface area contributed by atoms with Crippen molar-refractivity contribution in [3.8, 4) is 0 Å². The van der Waals surface area contributed by atoms with Gasteiger partial charge in [0.1, 0.15) is 0 Å². The summed E-state index contributed by atoms with van der Waals surface area (Å²) in [5.74, 6) is 2.09. The third kappa shape index (κ3) is 1.97. The van der Waals surface area contributed by atoms with Crippen LogP contribution in [0.5, 0.6) is 0 Å². The van der Waals surface area contributed by atoms with Crippen LogP contribution < -0.4 is 10.6 Å². The highest BCUT2D eigenvalue weighted by molar-refractivity contribution is 5.25. The lowest BCUT2D eigenvalue weighted by atomic mass is 9.96. The van der Waals surface area contributed by atoms with E-state index in [9.17, 15) is 0 Å². The molecule has 1 rings (SSSR count). The Morgan fingerprint density at radius 2 is 2.23 bits per heavy atom.